The van der Waals surface area contributed by atoms with Crippen molar-refractivity contribution in [2.24, 2.45) is 4.99 Å². The molecule has 2 amide bonds. The van der Waals surface area contributed by atoms with Gasteiger partial charge in [-0.25, -0.2) is 4.98 Å². The Hall–Kier alpha value is -2.98. The van der Waals surface area contributed by atoms with Crippen molar-refractivity contribution in [2.45, 2.75) is 38.1 Å². The van der Waals surface area contributed by atoms with Gasteiger partial charge in [0.2, 0.25) is 5.13 Å². The van der Waals surface area contributed by atoms with Gasteiger partial charge in [0.05, 0.1) is 16.2 Å². The van der Waals surface area contributed by atoms with Crippen molar-refractivity contribution in [3.05, 3.63) is 46.3 Å². The van der Waals surface area contributed by atoms with Crippen molar-refractivity contribution >= 4 is 62.4 Å². The minimum atomic E-state index is -1.11. The first-order chi connectivity index (χ1) is 15.5. The molecule has 1 saturated carbocycles. The van der Waals surface area contributed by atoms with Gasteiger partial charge in [0, 0.05) is 23.2 Å². The van der Waals surface area contributed by atoms with Crippen molar-refractivity contribution in [3.63, 3.8) is 0 Å². The van der Waals surface area contributed by atoms with Gasteiger partial charge in [0.25, 0.3) is 11.8 Å². The molecule has 0 bridgehead atoms. The number of para-hydroxylation sites is 1. The van der Waals surface area contributed by atoms with Crippen molar-refractivity contribution in [1.82, 2.24) is 9.88 Å². The number of rotatable bonds is 4. The first-order valence-electron chi connectivity index (χ1n) is 10.4. The second kappa shape index (κ2) is 8.51. The summed E-state index contributed by atoms with van der Waals surface area (Å²) in [5, 5.41) is 12.2. The Bertz CT molecular complexity index is 1150. The summed E-state index contributed by atoms with van der Waals surface area (Å²) in [6.07, 6.45) is 6.68. The first kappa shape index (κ1) is 20.9. The second-order valence-corrected chi connectivity index (χ2v) is 9.63. The zero-order valence-electron chi connectivity index (χ0n) is 17.1. The molecule has 10 heteroatoms. The van der Waals surface area contributed by atoms with Gasteiger partial charge in [-0.3, -0.25) is 24.2 Å². The number of carbonyl (C=O) groups excluding carboxylic acids is 2. The number of thiazole rings is 1. The lowest BCUT2D eigenvalue weighted by Crippen LogP contribution is -2.40. The van der Waals surface area contributed by atoms with Gasteiger partial charge in [0.1, 0.15) is 6.54 Å². The molecular formula is C22H20N4O4S2. The number of aromatic nitrogens is 1. The lowest BCUT2D eigenvalue weighted by molar-refractivity contribution is -0.136. The number of hydrogen-bond acceptors (Lipinski definition) is 7. The maximum atomic E-state index is 13.7. The molecule has 5 rings (SSSR count). The lowest BCUT2D eigenvalue weighted by Gasteiger charge is -2.30. The number of carboxylic acids is 1. The van der Waals surface area contributed by atoms with Crippen LogP contribution in [0, 0.1) is 0 Å². The number of benzene rings is 1. The molecular weight excluding hydrogens is 448 g/mol. The van der Waals surface area contributed by atoms with E-state index in [2.05, 4.69) is 9.98 Å². The minimum Gasteiger partial charge on any atom is -0.480 e. The Morgan fingerprint density at radius 2 is 1.94 bits per heavy atom. The highest BCUT2D eigenvalue weighted by Crippen LogP contribution is 2.46. The number of amides is 2. The molecule has 0 unspecified atom stereocenters. The van der Waals surface area contributed by atoms with Crippen molar-refractivity contribution in [1.29, 1.82) is 0 Å². The molecule has 2 aliphatic heterocycles. The smallest absolute Gasteiger partial charge is 0.323 e. The van der Waals surface area contributed by atoms with E-state index in [1.807, 2.05) is 5.38 Å². The molecule has 1 aliphatic carbocycles. The minimum absolute atomic E-state index is 0.0300. The Balaban J connectivity index is 1.62. The number of aliphatic imine (C=N–C) groups is 1. The van der Waals surface area contributed by atoms with Gasteiger partial charge >= 0.3 is 5.97 Å². The molecule has 0 radical (unpaired) electrons. The van der Waals surface area contributed by atoms with Crippen LogP contribution in [0.2, 0.25) is 0 Å². The van der Waals surface area contributed by atoms with Crippen molar-refractivity contribution in [2.75, 3.05) is 11.4 Å². The SMILES string of the molecule is O=C(O)CN1C(=O)/C(=C2\S/C(=N/c3nccs3)N(C3CCCCC3)C2=O)c2ccccc21. The van der Waals surface area contributed by atoms with Gasteiger partial charge in [0.15, 0.2) is 5.17 Å². The number of thioether (sulfide) groups is 1. The van der Waals surface area contributed by atoms with Gasteiger partial charge < -0.3 is 5.11 Å². The van der Waals surface area contributed by atoms with E-state index in [9.17, 15) is 19.5 Å². The molecule has 1 aromatic heterocycles. The van der Waals surface area contributed by atoms with Crippen LogP contribution in [0.25, 0.3) is 5.57 Å². The topological polar surface area (TPSA) is 103 Å². The van der Waals surface area contributed by atoms with Gasteiger partial charge in [-0.05, 0) is 30.7 Å². The quantitative estimate of drug-likeness (QED) is 0.683. The summed E-state index contributed by atoms with van der Waals surface area (Å²) in [5.41, 5.74) is 1.33. The van der Waals surface area contributed by atoms with Gasteiger partial charge in [-0.2, -0.15) is 4.99 Å². The molecule has 32 heavy (non-hydrogen) atoms. The van der Waals surface area contributed by atoms with Crippen LogP contribution in [0.4, 0.5) is 10.8 Å². The molecule has 8 nitrogen and oxygen atoms in total. The summed E-state index contributed by atoms with van der Waals surface area (Å²) in [7, 11) is 0. The number of amidine groups is 1. The number of fused-ring (bicyclic) bond motifs is 1. The Morgan fingerprint density at radius 1 is 1.16 bits per heavy atom. The van der Waals surface area contributed by atoms with E-state index in [-0.39, 0.29) is 17.5 Å². The van der Waals surface area contributed by atoms with E-state index < -0.39 is 18.4 Å². The molecule has 1 aromatic carbocycles. The summed E-state index contributed by atoms with van der Waals surface area (Å²) < 4.78 is 0. The third-order valence-corrected chi connectivity index (χ3v) is 7.53. The van der Waals surface area contributed by atoms with E-state index in [0.29, 0.717) is 26.5 Å². The van der Waals surface area contributed by atoms with Crippen molar-refractivity contribution in [3.8, 4) is 0 Å². The predicted octanol–water partition coefficient (Wildman–Crippen LogP) is 3.88. The normalized spacial score (nSPS) is 22.8. The fourth-order valence-corrected chi connectivity index (χ4v) is 6.11. The zero-order valence-corrected chi connectivity index (χ0v) is 18.7. The summed E-state index contributed by atoms with van der Waals surface area (Å²) in [6, 6.07) is 7.03. The molecule has 1 saturated heterocycles. The average molecular weight is 469 g/mol. The van der Waals surface area contributed by atoms with Crippen LogP contribution >= 0.6 is 23.1 Å². The average Bonchev–Trinajstić information content (AvgIpc) is 3.47. The summed E-state index contributed by atoms with van der Waals surface area (Å²) in [5.74, 6) is -1.82. The summed E-state index contributed by atoms with van der Waals surface area (Å²) >= 11 is 2.57. The molecule has 0 atom stereocenters. The highest BCUT2D eigenvalue weighted by molar-refractivity contribution is 8.18. The van der Waals surface area contributed by atoms with Gasteiger partial charge in [-0.15, -0.1) is 11.3 Å². The van der Waals surface area contributed by atoms with Crippen LogP contribution in [-0.2, 0) is 14.4 Å². The molecule has 2 aromatic rings. The number of nitrogens with zero attached hydrogens (tertiary/aromatic N) is 4. The highest BCUT2D eigenvalue weighted by atomic mass is 32.2. The van der Waals surface area contributed by atoms with Gasteiger partial charge in [-0.1, -0.05) is 37.5 Å². The maximum absolute atomic E-state index is 13.7. The zero-order chi connectivity index (χ0) is 22.2. The summed E-state index contributed by atoms with van der Waals surface area (Å²) in [4.78, 5) is 50.5. The largest absolute Gasteiger partial charge is 0.480 e. The Morgan fingerprint density at radius 3 is 2.66 bits per heavy atom. The molecule has 0 spiro atoms. The Labute approximate surface area is 192 Å². The summed E-state index contributed by atoms with van der Waals surface area (Å²) in [6.45, 7) is -0.460. The van der Waals surface area contributed by atoms with E-state index in [4.69, 9.17) is 0 Å². The van der Waals surface area contributed by atoms with Crippen LogP contribution in [0.3, 0.4) is 0 Å². The number of hydrogen-bond donors (Lipinski definition) is 1. The van der Waals surface area contributed by atoms with Crippen LogP contribution in [0.5, 0.6) is 0 Å². The third-order valence-electron chi connectivity index (χ3n) is 5.81. The molecule has 164 valence electrons. The highest BCUT2D eigenvalue weighted by Gasteiger charge is 2.45. The van der Waals surface area contributed by atoms with E-state index in [1.165, 1.54) is 28.0 Å². The number of carboxylic acid groups (broad SMARTS) is 1. The molecule has 3 aliphatic rings. The van der Waals surface area contributed by atoms with Crippen LogP contribution in [0.1, 0.15) is 37.7 Å². The van der Waals surface area contributed by atoms with Crippen LogP contribution in [-0.4, -0.2) is 50.5 Å². The number of carbonyl (C=O) groups is 3. The van der Waals surface area contributed by atoms with E-state index in [1.54, 1.807) is 35.4 Å². The molecule has 2 fully saturated rings. The van der Waals surface area contributed by atoms with E-state index >= 15 is 0 Å². The first-order valence-corrected chi connectivity index (χ1v) is 12.1. The van der Waals surface area contributed by atoms with Crippen LogP contribution in [0.15, 0.2) is 45.7 Å². The number of aliphatic carboxylic acids is 1. The standard InChI is InChI=1S/C22H20N4O4S2/c27-16(28)12-25-15-9-5-4-8-14(15)17(19(25)29)18-20(30)26(13-6-2-1-3-7-13)22(32-18)24-21-23-10-11-31-21/h4-5,8-11,13H,1-3,6-7,12H2,(H,27,28)/b18-17-,24-22+. The molecule has 1 N–H and O–H groups in total. The maximum Gasteiger partial charge on any atom is 0.323 e. The fraction of sp³-hybridized carbons (Fsp3) is 0.318. The Kier molecular flexibility index (Phi) is 5.56. The predicted molar refractivity (Wildman–Crippen MR) is 124 cm³/mol. The second-order valence-electron chi connectivity index (χ2n) is 7.78. The molecule has 3 heterocycles. The monoisotopic (exact) mass is 468 g/mol. The third kappa shape index (κ3) is 3.63. The van der Waals surface area contributed by atoms with Crippen LogP contribution < -0.4 is 4.90 Å². The van der Waals surface area contributed by atoms with E-state index in [0.717, 1.165) is 32.1 Å². The number of anilines is 1. The van der Waals surface area contributed by atoms with Crippen molar-refractivity contribution < 1.29 is 19.5 Å². The lowest BCUT2D eigenvalue weighted by atomic mass is 9.94. The fourth-order valence-electron chi connectivity index (χ4n) is 4.42.